The van der Waals surface area contributed by atoms with Crippen LogP contribution < -0.4 is 10.6 Å². The number of amides is 2. The highest BCUT2D eigenvalue weighted by molar-refractivity contribution is 5.88. The summed E-state index contributed by atoms with van der Waals surface area (Å²) in [6.45, 7) is 5.85. The second-order valence-corrected chi connectivity index (χ2v) is 5.65. The van der Waals surface area contributed by atoms with Crippen LogP contribution in [0.2, 0.25) is 0 Å². The van der Waals surface area contributed by atoms with Gasteiger partial charge in [-0.25, -0.2) is 0 Å². The van der Waals surface area contributed by atoms with Crippen molar-refractivity contribution in [2.24, 2.45) is 10.6 Å². The molecule has 0 aliphatic carbocycles. The van der Waals surface area contributed by atoms with Crippen molar-refractivity contribution in [2.75, 3.05) is 33.9 Å². The molecule has 1 unspecified atom stereocenters. The number of rotatable bonds is 10. The fourth-order valence-corrected chi connectivity index (χ4v) is 1.70. The third-order valence-corrected chi connectivity index (χ3v) is 2.94. The Morgan fingerprint density at radius 3 is 2.45 bits per heavy atom. The molecule has 0 aromatic carbocycles. The largest absolute Gasteiger partial charge is 0.399 e. The van der Waals surface area contributed by atoms with E-state index in [4.69, 9.17) is 4.74 Å². The molecule has 0 bridgehead atoms. The van der Waals surface area contributed by atoms with Crippen molar-refractivity contribution < 1.29 is 24.3 Å². The Morgan fingerprint density at radius 1 is 1.27 bits per heavy atom. The van der Waals surface area contributed by atoms with E-state index in [1.165, 1.54) is 14.2 Å². The summed E-state index contributed by atoms with van der Waals surface area (Å²) in [6, 6.07) is 0. The van der Waals surface area contributed by atoms with Crippen molar-refractivity contribution in [2.45, 2.75) is 33.3 Å². The molecular weight excluding hydrogens is 290 g/mol. The van der Waals surface area contributed by atoms with E-state index in [0.717, 1.165) is 0 Å². The normalized spacial score (nSPS) is 13.5. The molecule has 22 heavy (non-hydrogen) atoms. The minimum absolute atomic E-state index is 0.115. The molecule has 0 aliphatic rings. The van der Waals surface area contributed by atoms with Crippen molar-refractivity contribution in [1.82, 2.24) is 10.6 Å². The zero-order chi connectivity index (χ0) is 17.2. The number of nitrogens with one attached hydrogen (secondary N) is 2. The molecule has 8 nitrogen and oxygen atoms in total. The van der Waals surface area contributed by atoms with Crippen LogP contribution in [0.1, 0.15) is 27.2 Å². The first kappa shape index (κ1) is 20.3. The van der Waals surface area contributed by atoms with Crippen molar-refractivity contribution in [3.63, 3.8) is 0 Å². The van der Waals surface area contributed by atoms with Crippen LogP contribution >= 0.6 is 0 Å². The molecule has 0 spiro atoms. The van der Waals surface area contributed by atoms with Gasteiger partial charge in [-0.05, 0) is 6.92 Å². The van der Waals surface area contributed by atoms with E-state index < -0.39 is 17.4 Å². The highest BCUT2D eigenvalue weighted by Crippen LogP contribution is 2.20. The molecule has 0 aromatic rings. The lowest BCUT2D eigenvalue weighted by atomic mass is 9.87. The summed E-state index contributed by atoms with van der Waals surface area (Å²) in [5.74, 6) is -0.747. The molecule has 0 saturated heterocycles. The third kappa shape index (κ3) is 7.94. The number of carbonyl (C=O) groups is 2. The first-order valence-electron chi connectivity index (χ1n) is 7.02. The molecular formula is C14H27N3O5. The number of ether oxygens (including phenoxy) is 1. The van der Waals surface area contributed by atoms with Gasteiger partial charge in [0.05, 0.1) is 18.9 Å². The van der Waals surface area contributed by atoms with Crippen LogP contribution in [0.5, 0.6) is 0 Å². The number of hydrogen-bond donors (Lipinski definition) is 3. The van der Waals surface area contributed by atoms with Crippen LogP contribution in [0.3, 0.4) is 0 Å². The first-order valence-corrected chi connectivity index (χ1v) is 7.02. The highest BCUT2D eigenvalue weighted by atomic mass is 16.6. The fourth-order valence-electron chi connectivity index (χ4n) is 1.70. The van der Waals surface area contributed by atoms with Gasteiger partial charge in [-0.1, -0.05) is 19.0 Å². The Hall–Kier alpha value is -1.67. The van der Waals surface area contributed by atoms with Gasteiger partial charge < -0.3 is 25.3 Å². The number of hydrogen-bond acceptors (Lipinski definition) is 6. The van der Waals surface area contributed by atoms with Crippen molar-refractivity contribution in [1.29, 1.82) is 0 Å². The summed E-state index contributed by atoms with van der Waals surface area (Å²) in [5, 5.41) is 18.8. The second-order valence-electron chi connectivity index (χ2n) is 5.65. The average Bonchev–Trinajstić information content (AvgIpc) is 2.44. The molecule has 1 atom stereocenters. The highest BCUT2D eigenvalue weighted by Gasteiger charge is 2.33. The zero-order valence-corrected chi connectivity index (χ0v) is 13.9. The summed E-state index contributed by atoms with van der Waals surface area (Å²) in [5.41, 5.74) is -0.0638. The Balaban J connectivity index is 4.07. The number of aliphatic hydroxyl groups is 1. The molecule has 0 fully saturated rings. The van der Waals surface area contributed by atoms with Gasteiger partial charge in [-0.2, -0.15) is 0 Å². The van der Waals surface area contributed by atoms with Gasteiger partial charge in [0.2, 0.25) is 11.8 Å². The van der Waals surface area contributed by atoms with Crippen molar-refractivity contribution in [3.8, 4) is 0 Å². The molecule has 3 N–H and O–H groups in total. The maximum absolute atomic E-state index is 11.8. The van der Waals surface area contributed by atoms with E-state index in [-0.39, 0.29) is 32.0 Å². The van der Waals surface area contributed by atoms with E-state index >= 15 is 0 Å². The Kier molecular flexibility index (Phi) is 9.35. The van der Waals surface area contributed by atoms with Gasteiger partial charge in [-0.15, -0.1) is 0 Å². The van der Waals surface area contributed by atoms with Crippen molar-refractivity contribution >= 4 is 17.5 Å². The molecule has 0 aliphatic heterocycles. The zero-order valence-electron chi connectivity index (χ0n) is 13.9. The predicted octanol–water partition coefficient (Wildman–Crippen LogP) is -0.335. The lowest BCUT2D eigenvalue weighted by Crippen LogP contribution is -2.46. The fraction of sp³-hybridized carbons (Fsp3) is 0.786. The maximum atomic E-state index is 11.8. The van der Waals surface area contributed by atoms with Crippen LogP contribution in [0, 0.1) is 5.41 Å². The van der Waals surface area contributed by atoms with Gasteiger partial charge in [0.1, 0.15) is 13.2 Å². The molecule has 0 rings (SSSR count). The predicted molar refractivity (Wildman–Crippen MR) is 82.4 cm³/mol. The summed E-state index contributed by atoms with van der Waals surface area (Å²) in [6.07, 6.45) is -1.09. The van der Waals surface area contributed by atoms with E-state index in [1.54, 1.807) is 20.8 Å². The molecule has 0 radical (unpaired) electrons. The minimum atomic E-state index is -1.20. The SMILES string of the molecule is COCC(C)(C)C(O)C(=O)NCCC(=O)NC/C(C)=N/OC. The molecule has 128 valence electrons. The van der Waals surface area contributed by atoms with Crippen LogP contribution in [0.4, 0.5) is 0 Å². The maximum Gasteiger partial charge on any atom is 0.249 e. The number of aliphatic hydroxyl groups excluding tert-OH is 1. The van der Waals surface area contributed by atoms with E-state index in [1.807, 2.05) is 0 Å². The summed E-state index contributed by atoms with van der Waals surface area (Å²) < 4.78 is 4.97. The van der Waals surface area contributed by atoms with Gasteiger partial charge in [0, 0.05) is 25.5 Å². The van der Waals surface area contributed by atoms with Crippen LogP contribution in [0.25, 0.3) is 0 Å². The minimum Gasteiger partial charge on any atom is -0.399 e. The number of carbonyl (C=O) groups excluding carboxylic acids is 2. The number of oxime groups is 1. The van der Waals surface area contributed by atoms with E-state index in [0.29, 0.717) is 5.71 Å². The molecule has 0 heterocycles. The first-order chi connectivity index (χ1) is 10.2. The molecule has 0 aromatic heterocycles. The standard InChI is InChI=1S/C14H27N3O5/c1-10(17-22-5)8-16-11(18)6-7-15-13(20)12(19)14(2,3)9-21-4/h12,19H,6-9H2,1-5H3,(H,15,20)(H,16,18)/b17-10+. The van der Waals surface area contributed by atoms with Crippen LogP contribution in [-0.4, -0.2) is 62.7 Å². The lowest BCUT2D eigenvalue weighted by molar-refractivity contribution is -0.137. The number of nitrogens with zero attached hydrogens (tertiary/aromatic N) is 1. The van der Waals surface area contributed by atoms with Gasteiger partial charge in [-0.3, -0.25) is 9.59 Å². The number of methoxy groups -OCH3 is 1. The second kappa shape index (κ2) is 10.1. The molecule has 2 amide bonds. The third-order valence-electron chi connectivity index (χ3n) is 2.94. The smallest absolute Gasteiger partial charge is 0.249 e. The van der Waals surface area contributed by atoms with Gasteiger partial charge in [0.15, 0.2) is 0 Å². The monoisotopic (exact) mass is 317 g/mol. The van der Waals surface area contributed by atoms with Gasteiger partial charge >= 0.3 is 0 Å². The quantitative estimate of drug-likeness (QED) is 0.377. The topological polar surface area (TPSA) is 109 Å². The Bertz CT molecular complexity index is 396. The summed E-state index contributed by atoms with van der Waals surface area (Å²) in [4.78, 5) is 27.9. The van der Waals surface area contributed by atoms with E-state index in [2.05, 4.69) is 20.6 Å². The van der Waals surface area contributed by atoms with E-state index in [9.17, 15) is 14.7 Å². The molecule has 0 saturated carbocycles. The average molecular weight is 317 g/mol. The molecule has 8 heteroatoms. The Labute approximate surface area is 131 Å². The summed E-state index contributed by atoms with van der Waals surface area (Å²) in [7, 11) is 2.93. The van der Waals surface area contributed by atoms with Crippen molar-refractivity contribution in [3.05, 3.63) is 0 Å². The lowest BCUT2D eigenvalue weighted by Gasteiger charge is -2.28. The summed E-state index contributed by atoms with van der Waals surface area (Å²) >= 11 is 0. The van der Waals surface area contributed by atoms with Crippen LogP contribution in [0.15, 0.2) is 5.16 Å². The van der Waals surface area contributed by atoms with Crippen LogP contribution in [-0.2, 0) is 19.2 Å². The van der Waals surface area contributed by atoms with Gasteiger partial charge in [0.25, 0.3) is 0 Å². The Morgan fingerprint density at radius 2 is 1.91 bits per heavy atom.